The number of anilines is 1. The second kappa shape index (κ2) is 4.77. The van der Waals surface area contributed by atoms with Gasteiger partial charge in [0.1, 0.15) is 11.6 Å². The van der Waals surface area contributed by atoms with Crippen molar-refractivity contribution in [2.45, 2.75) is 46.1 Å². The number of fused-ring (bicyclic) bond motifs is 1. The molecule has 1 aliphatic rings. The van der Waals surface area contributed by atoms with Crippen LogP contribution in [0.3, 0.4) is 0 Å². The maximum atomic E-state index is 4.70. The number of aryl methyl sites for hydroxylation is 2. The van der Waals surface area contributed by atoms with Gasteiger partial charge in [-0.25, -0.2) is 19.2 Å². The third-order valence-corrected chi connectivity index (χ3v) is 5.17. The van der Waals surface area contributed by atoms with E-state index >= 15 is 0 Å². The van der Waals surface area contributed by atoms with E-state index in [0.29, 0.717) is 6.04 Å². The summed E-state index contributed by atoms with van der Waals surface area (Å²) >= 11 is 1.65. The SMILES string of the molecule is Cc1nc(C)n(C2CN(c3nn4cc(C(C)(C)C)nc4s3)C2)n1. The summed E-state index contributed by atoms with van der Waals surface area (Å²) in [6.07, 6.45) is 2.04. The molecular formula is C15H21N7S. The lowest BCUT2D eigenvalue weighted by Gasteiger charge is -2.38. The zero-order valence-corrected chi connectivity index (χ0v) is 14.9. The molecule has 1 fully saturated rings. The second-order valence-electron chi connectivity index (χ2n) is 7.20. The van der Waals surface area contributed by atoms with Crippen molar-refractivity contribution in [3.63, 3.8) is 0 Å². The van der Waals surface area contributed by atoms with Gasteiger partial charge in [0.15, 0.2) is 0 Å². The van der Waals surface area contributed by atoms with Crippen molar-refractivity contribution in [3.8, 4) is 0 Å². The molecule has 0 bridgehead atoms. The molecule has 0 aromatic carbocycles. The van der Waals surface area contributed by atoms with E-state index < -0.39 is 0 Å². The van der Waals surface area contributed by atoms with Crippen LogP contribution in [-0.4, -0.2) is 42.5 Å². The van der Waals surface area contributed by atoms with Crippen molar-refractivity contribution >= 4 is 21.4 Å². The standard InChI is InChI=1S/C15H21N7S/c1-9-16-10(2)22(18-9)11-6-20(7-11)14-19-21-8-12(15(3,4)5)17-13(21)23-14/h8,11H,6-7H2,1-5H3. The lowest BCUT2D eigenvalue weighted by molar-refractivity contribution is 0.359. The second-order valence-corrected chi connectivity index (χ2v) is 8.13. The quantitative estimate of drug-likeness (QED) is 0.721. The molecule has 0 N–H and O–H groups in total. The number of nitrogens with zero attached hydrogens (tertiary/aromatic N) is 7. The highest BCUT2D eigenvalue weighted by Crippen LogP contribution is 2.32. The summed E-state index contributed by atoms with van der Waals surface area (Å²) in [5.41, 5.74) is 1.13. The molecule has 0 amide bonds. The Morgan fingerprint density at radius 2 is 1.87 bits per heavy atom. The molecule has 3 aromatic rings. The average Bonchev–Trinajstić information content (AvgIpc) is 3.00. The summed E-state index contributed by atoms with van der Waals surface area (Å²) in [6.45, 7) is 12.3. The highest BCUT2D eigenvalue weighted by Gasteiger charge is 2.33. The van der Waals surface area contributed by atoms with E-state index in [9.17, 15) is 0 Å². The summed E-state index contributed by atoms with van der Waals surface area (Å²) in [4.78, 5) is 12.3. The molecule has 1 saturated heterocycles. The molecule has 0 spiro atoms. The minimum atomic E-state index is 0.0535. The minimum absolute atomic E-state index is 0.0535. The fourth-order valence-electron chi connectivity index (χ4n) is 2.83. The number of hydrogen-bond acceptors (Lipinski definition) is 6. The Labute approximate surface area is 139 Å². The van der Waals surface area contributed by atoms with E-state index in [2.05, 4.69) is 40.9 Å². The molecule has 23 heavy (non-hydrogen) atoms. The first-order valence-corrected chi connectivity index (χ1v) is 8.64. The first-order valence-electron chi connectivity index (χ1n) is 7.82. The van der Waals surface area contributed by atoms with E-state index in [1.807, 2.05) is 29.2 Å². The molecule has 1 aliphatic heterocycles. The normalized spacial score (nSPS) is 16.3. The predicted molar refractivity (Wildman–Crippen MR) is 90.3 cm³/mol. The van der Waals surface area contributed by atoms with Gasteiger partial charge in [-0.3, -0.25) is 0 Å². The van der Waals surface area contributed by atoms with Crippen molar-refractivity contribution in [2.24, 2.45) is 0 Å². The minimum Gasteiger partial charge on any atom is -0.342 e. The lowest BCUT2D eigenvalue weighted by Crippen LogP contribution is -2.48. The van der Waals surface area contributed by atoms with Gasteiger partial charge in [0, 0.05) is 18.5 Å². The number of imidazole rings is 1. The summed E-state index contributed by atoms with van der Waals surface area (Å²) < 4.78 is 3.93. The zero-order chi connectivity index (χ0) is 16.4. The summed E-state index contributed by atoms with van der Waals surface area (Å²) in [5, 5.41) is 10.2. The van der Waals surface area contributed by atoms with Gasteiger partial charge in [-0.2, -0.15) is 5.10 Å². The maximum absolute atomic E-state index is 4.70. The largest absolute Gasteiger partial charge is 0.342 e. The molecular weight excluding hydrogens is 310 g/mol. The predicted octanol–water partition coefficient (Wildman–Crippen LogP) is 2.36. The van der Waals surface area contributed by atoms with Crippen LogP contribution in [0.25, 0.3) is 4.96 Å². The molecule has 122 valence electrons. The summed E-state index contributed by atoms with van der Waals surface area (Å²) in [7, 11) is 0. The van der Waals surface area contributed by atoms with E-state index in [1.54, 1.807) is 11.3 Å². The van der Waals surface area contributed by atoms with Crippen molar-refractivity contribution in [1.82, 2.24) is 29.4 Å². The Balaban J connectivity index is 1.51. The number of aromatic nitrogens is 6. The van der Waals surface area contributed by atoms with Gasteiger partial charge in [-0.15, -0.1) is 5.10 Å². The third-order valence-electron chi connectivity index (χ3n) is 4.19. The summed E-state index contributed by atoms with van der Waals surface area (Å²) in [6, 6.07) is 0.387. The Morgan fingerprint density at radius 3 is 2.43 bits per heavy atom. The van der Waals surface area contributed by atoms with E-state index in [0.717, 1.165) is 40.5 Å². The lowest BCUT2D eigenvalue weighted by atomic mass is 9.93. The Kier molecular flexibility index (Phi) is 3.03. The molecule has 3 aromatic heterocycles. The third kappa shape index (κ3) is 2.41. The van der Waals surface area contributed by atoms with E-state index in [4.69, 9.17) is 4.98 Å². The van der Waals surface area contributed by atoms with Crippen LogP contribution < -0.4 is 4.90 Å². The zero-order valence-electron chi connectivity index (χ0n) is 14.1. The van der Waals surface area contributed by atoms with Crippen molar-refractivity contribution < 1.29 is 0 Å². The summed E-state index contributed by atoms with van der Waals surface area (Å²) in [5.74, 6) is 1.82. The van der Waals surface area contributed by atoms with Gasteiger partial charge in [0.2, 0.25) is 10.1 Å². The average molecular weight is 331 g/mol. The van der Waals surface area contributed by atoms with Gasteiger partial charge in [-0.05, 0) is 13.8 Å². The highest BCUT2D eigenvalue weighted by atomic mass is 32.1. The fraction of sp³-hybridized carbons (Fsp3) is 0.600. The van der Waals surface area contributed by atoms with Crippen LogP contribution in [0.5, 0.6) is 0 Å². The Morgan fingerprint density at radius 1 is 1.13 bits per heavy atom. The Bertz CT molecular complexity index is 829. The molecule has 0 aliphatic carbocycles. The van der Waals surface area contributed by atoms with Crippen molar-refractivity contribution in [1.29, 1.82) is 0 Å². The Hall–Kier alpha value is -1.96. The highest BCUT2D eigenvalue weighted by molar-refractivity contribution is 7.20. The smallest absolute Gasteiger partial charge is 0.214 e. The van der Waals surface area contributed by atoms with Crippen LogP contribution in [0.4, 0.5) is 5.13 Å². The van der Waals surface area contributed by atoms with Gasteiger partial charge >= 0.3 is 0 Å². The fourth-order valence-corrected chi connectivity index (χ4v) is 3.73. The first kappa shape index (κ1) is 14.6. The first-order chi connectivity index (χ1) is 10.8. The molecule has 0 saturated carbocycles. The molecule has 0 atom stereocenters. The maximum Gasteiger partial charge on any atom is 0.214 e. The van der Waals surface area contributed by atoms with Crippen LogP contribution in [0.2, 0.25) is 0 Å². The monoisotopic (exact) mass is 331 g/mol. The van der Waals surface area contributed by atoms with Crippen molar-refractivity contribution in [3.05, 3.63) is 23.5 Å². The van der Waals surface area contributed by atoms with Gasteiger partial charge in [0.25, 0.3) is 0 Å². The topological polar surface area (TPSA) is 64.1 Å². The molecule has 4 rings (SSSR count). The van der Waals surface area contributed by atoms with Gasteiger partial charge in [0.05, 0.1) is 17.9 Å². The molecule has 8 heteroatoms. The molecule has 4 heterocycles. The van der Waals surface area contributed by atoms with Crippen LogP contribution in [0.15, 0.2) is 6.20 Å². The number of hydrogen-bond donors (Lipinski definition) is 0. The van der Waals surface area contributed by atoms with E-state index in [-0.39, 0.29) is 5.41 Å². The van der Waals surface area contributed by atoms with Crippen molar-refractivity contribution in [2.75, 3.05) is 18.0 Å². The van der Waals surface area contributed by atoms with Crippen LogP contribution in [-0.2, 0) is 5.41 Å². The number of rotatable bonds is 2. The molecule has 0 unspecified atom stereocenters. The van der Waals surface area contributed by atoms with Crippen LogP contribution >= 0.6 is 11.3 Å². The van der Waals surface area contributed by atoms with E-state index in [1.165, 1.54) is 0 Å². The van der Waals surface area contributed by atoms with Crippen LogP contribution in [0.1, 0.15) is 44.2 Å². The van der Waals surface area contributed by atoms with Crippen LogP contribution in [0, 0.1) is 13.8 Å². The molecule has 7 nitrogen and oxygen atoms in total. The van der Waals surface area contributed by atoms with Gasteiger partial charge < -0.3 is 4.90 Å². The molecule has 0 radical (unpaired) electrons. The van der Waals surface area contributed by atoms with Gasteiger partial charge in [-0.1, -0.05) is 32.1 Å².